The van der Waals surface area contributed by atoms with Gasteiger partial charge in [0.05, 0.1) is 5.56 Å². The zero-order chi connectivity index (χ0) is 27.4. The maximum Gasteiger partial charge on any atom is 0.100 e. The highest BCUT2D eigenvalue weighted by Gasteiger charge is 2.12. The highest BCUT2D eigenvalue weighted by atomic mass is 15.1. The van der Waals surface area contributed by atoms with E-state index in [-0.39, 0.29) is 0 Å². The normalized spacial score (nSPS) is 10.5. The molecule has 39 heavy (non-hydrogen) atoms. The molecule has 6 rings (SSSR count). The van der Waals surface area contributed by atoms with Gasteiger partial charge < -0.3 is 4.90 Å². The number of nitriles is 1. The Bertz CT molecular complexity index is 1660. The first kappa shape index (κ1) is 25.8. The second kappa shape index (κ2) is 11.3. The monoisotopic (exact) mass is 504 g/mol. The predicted octanol–water partition coefficient (Wildman–Crippen LogP) is 10.3. The van der Waals surface area contributed by atoms with Crippen LogP contribution in [0.15, 0.2) is 121 Å². The van der Waals surface area contributed by atoms with Crippen LogP contribution >= 0.6 is 0 Å². The van der Waals surface area contributed by atoms with Crippen LogP contribution in [-0.2, 0) is 0 Å². The van der Waals surface area contributed by atoms with Gasteiger partial charge in [-0.15, -0.1) is 0 Å². The second-order valence-electron chi connectivity index (χ2n) is 10.2. The summed E-state index contributed by atoms with van der Waals surface area (Å²) in [5, 5.41) is 13.7. The fourth-order valence-corrected chi connectivity index (χ4v) is 4.84. The predicted molar refractivity (Wildman–Crippen MR) is 166 cm³/mol. The molecular weight excluding hydrogens is 472 g/mol. The van der Waals surface area contributed by atoms with Crippen LogP contribution in [0.5, 0.6) is 0 Å². The molecule has 0 fully saturated rings. The van der Waals surface area contributed by atoms with E-state index in [9.17, 15) is 5.26 Å². The first-order chi connectivity index (χ1) is 18.9. The van der Waals surface area contributed by atoms with Crippen molar-refractivity contribution in [3.05, 3.63) is 149 Å². The number of rotatable bonds is 3. The summed E-state index contributed by atoms with van der Waals surface area (Å²) in [6.45, 7) is 8.42. The Morgan fingerprint density at radius 3 is 1.38 bits per heavy atom. The molecule has 0 bridgehead atoms. The zero-order valence-electron chi connectivity index (χ0n) is 22.9. The van der Waals surface area contributed by atoms with E-state index in [1.54, 1.807) is 0 Å². The Morgan fingerprint density at radius 1 is 0.462 bits per heavy atom. The standard InChI is InChI=1S/C21H21N.C16H11N/c1-16-4-10-19(11-5-16)22(20-12-6-17(2)7-13-20)21-14-8-18(3)9-15-21;1-11-6-7-15-13(8-11)9-12-4-2-3-5-14(12)16(15)10-17/h4-15H,1-3H3;2-9H,1H3. The van der Waals surface area contributed by atoms with Crippen molar-refractivity contribution in [1.82, 2.24) is 0 Å². The van der Waals surface area contributed by atoms with Crippen LogP contribution in [0.4, 0.5) is 17.1 Å². The Kier molecular flexibility index (Phi) is 7.43. The van der Waals surface area contributed by atoms with Gasteiger partial charge in [0.15, 0.2) is 0 Å². The van der Waals surface area contributed by atoms with Crippen LogP contribution in [-0.4, -0.2) is 0 Å². The van der Waals surface area contributed by atoms with Crippen LogP contribution in [0.1, 0.15) is 27.8 Å². The van der Waals surface area contributed by atoms with E-state index < -0.39 is 0 Å². The molecule has 0 radical (unpaired) electrons. The van der Waals surface area contributed by atoms with Gasteiger partial charge in [-0.3, -0.25) is 0 Å². The van der Waals surface area contributed by atoms with Crippen molar-refractivity contribution in [2.24, 2.45) is 0 Å². The number of fused-ring (bicyclic) bond motifs is 2. The van der Waals surface area contributed by atoms with E-state index in [4.69, 9.17) is 0 Å². The summed E-state index contributed by atoms with van der Waals surface area (Å²) in [7, 11) is 0. The summed E-state index contributed by atoms with van der Waals surface area (Å²) in [5.74, 6) is 0. The number of anilines is 3. The molecule has 2 heteroatoms. The smallest absolute Gasteiger partial charge is 0.100 e. The molecule has 0 aliphatic heterocycles. The van der Waals surface area contributed by atoms with E-state index in [0.29, 0.717) is 0 Å². The van der Waals surface area contributed by atoms with E-state index in [0.717, 1.165) is 27.1 Å². The van der Waals surface area contributed by atoms with Gasteiger partial charge in [0.25, 0.3) is 0 Å². The van der Waals surface area contributed by atoms with Crippen molar-refractivity contribution in [2.75, 3.05) is 4.90 Å². The quantitative estimate of drug-likeness (QED) is 0.224. The average molecular weight is 505 g/mol. The summed E-state index contributed by atoms with van der Waals surface area (Å²) in [4.78, 5) is 2.29. The molecule has 6 aromatic rings. The zero-order valence-corrected chi connectivity index (χ0v) is 22.9. The lowest BCUT2D eigenvalue weighted by molar-refractivity contribution is 1.26. The Balaban J connectivity index is 0.000000163. The summed E-state index contributed by atoms with van der Waals surface area (Å²) in [6.07, 6.45) is 0. The Labute approximate surface area is 231 Å². The van der Waals surface area contributed by atoms with Crippen molar-refractivity contribution in [1.29, 1.82) is 5.26 Å². The van der Waals surface area contributed by atoms with Gasteiger partial charge >= 0.3 is 0 Å². The summed E-state index contributed by atoms with van der Waals surface area (Å²) in [6, 6.07) is 44.7. The lowest BCUT2D eigenvalue weighted by Crippen LogP contribution is -2.09. The summed E-state index contributed by atoms with van der Waals surface area (Å²) < 4.78 is 0. The number of nitrogens with zero attached hydrogens (tertiary/aromatic N) is 2. The number of hydrogen-bond acceptors (Lipinski definition) is 2. The van der Waals surface area contributed by atoms with Gasteiger partial charge in [-0.2, -0.15) is 5.26 Å². The maximum atomic E-state index is 9.35. The topological polar surface area (TPSA) is 27.0 Å². The largest absolute Gasteiger partial charge is 0.311 e. The second-order valence-corrected chi connectivity index (χ2v) is 10.2. The molecule has 6 aromatic carbocycles. The number of benzene rings is 6. The minimum atomic E-state index is 0.776. The highest BCUT2D eigenvalue weighted by Crippen LogP contribution is 2.34. The maximum absolute atomic E-state index is 9.35. The van der Waals surface area contributed by atoms with E-state index in [1.165, 1.54) is 39.3 Å². The van der Waals surface area contributed by atoms with Gasteiger partial charge in [0.2, 0.25) is 0 Å². The van der Waals surface area contributed by atoms with Crippen LogP contribution < -0.4 is 4.90 Å². The van der Waals surface area contributed by atoms with Crippen molar-refractivity contribution in [3.63, 3.8) is 0 Å². The molecule has 0 aromatic heterocycles. The van der Waals surface area contributed by atoms with Crippen molar-refractivity contribution in [2.45, 2.75) is 27.7 Å². The summed E-state index contributed by atoms with van der Waals surface area (Å²) >= 11 is 0. The van der Waals surface area contributed by atoms with Crippen LogP contribution in [0.25, 0.3) is 21.5 Å². The molecule has 0 aliphatic rings. The van der Waals surface area contributed by atoms with E-state index >= 15 is 0 Å². The van der Waals surface area contributed by atoms with Gasteiger partial charge in [0, 0.05) is 27.8 Å². The first-order valence-electron chi connectivity index (χ1n) is 13.3. The van der Waals surface area contributed by atoms with E-state index in [1.807, 2.05) is 24.3 Å². The molecule has 0 saturated carbocycles. The molecule has 0 unspecified atom stereocenters. The number of aryl methyl sites for hydroxylation is 4. The fourth-order valence-electron chi connectivity index (χ4n) is 4.84. The molecule has 0 atom stereocenters. The van der Waals surface area contributed by atoms with Crippen LogP contribution in [0, 0.1) is 39.0 Å². The van der Waals surface area contributed by atoms with Gasteiger partial charge in [0.1, 0.15) is 6.07 Å². The SMILES string of the molecule is Cc1ccc(N(c2ccc(C)cc2)c2ccc(C)cc2)cc1.Cc1ccc2c(C#N)c3ccccc3cc2c1. The third-order valence-electron chi connectivity index (χ3n) is 7.01. The lowest BCUT2D eigenvalue weighted by Gasteiger charge is -2.25. The minimum Gasteiger partial charge on any atom is -0.311 e. The molecule has 190 valence electrons. The molecular formula is C37H32N2. The molecule has 0 heterocycles. The third-order valence-corrected chi connectivity index (χ3v) is 7.01. The van der Waals surface area contributed by atoms with Crippen LogP contribution in [0.3, 0.4) is 0 Å². The van der Waals surface area contributed by atoms with E-state index in [2.05, 4.69) is 136 Å². The van der Waals surface area contributed by atoms with Gasteiger partial charge in [-0.25, -0.2) is 0 Å². The Morgan fingerprint density at radius 2 is 0.897 bits per heavy atom. The lowest BCUT2D eigenvalue weighted by atomic mass is 9.96. The van der Waals surface area contributed by atoms with Gasteiger partial charge in [-0.05, 0) is 80.9 Å². The molecule has 0 N–H and O–H groups in total. The van der Waals surface area contributed by atoms with Crippen molar-refractivity contribution in [3.8, 4) is 6.07 Å². The molecule has 0 amide bonds. The molecule has 2 nitrogen and oxygen atoms in total. The molecule has 0 saturated heterocycles. The Hall–Kier alpha value is -4.87. The first-order valence-corrected chi connectivity index (χ1v) is 13.3. The summed E-state index contributed by atoms with van der Waals surface area (Å²) in [5.41, 5.74) is 9.36. The molecule has 0 spiro atoms. The van der Waals surface area contributed by atoms with Crippen molar-refractivity contribution >= 4 is 38.6 Å². The third kappa shape index (κ3) is 5.69. The van der Waals surface area contributed by atoms with Gasteiger partial charge in [-0.1, -0.05) is 101 Å². The highest BCUT2D eigenvalue weighted by molar-refractivity contribution is 6.04. The average Bonchev–Trinajstić information content (AvgIpc) is 2.95. The van der Waals surface area contributed by atoms with Crippen LogP contribution in [0.2, 0.25) is 0 Å². The minimum absolute atomic E-state index is 0.776. The fraction of sp³-hybridized carbons (Fsp3) is 0.108. The number of hydrogen-bond donors (Lipinski definition) is 0. The van der Waals surface area contributed by atoms with Crippen molar-refractivity contribution < 1.29 is 0 Å². The molecule has 0 aliphatic carbocycles.